The molecule has 0 aliphatic carbocycles. The second-order valence-electron chi connectivity index (χ2n) is 5.50. The Morgan fingerprint density at radius 1 is 1.35 bits per heavy atom. The van der Waals surface area contributed by atoms with E-state index in [0.29, 0.717) is 24.8 Å². The molecule has 0 aliphatic rings. The average molecular weight is 430 g/mol. The third kappa shape index (κ3) is 9.58. The fraction of sp³-hybridized carbons (Fsp3) is 0.471. The first-order chi connectivity index (χ1) is 11.0. The number of amides is 1. The fourth-order valence-electron chi connectivity index (χ4n) is 1.76. The number of ether oxygens (including phenoxy) is 1. The van der Waals surface area contributed by atoms with Crippen molar-refractivity contribution in [3.8, 4) is 5.75 Å². The number of allylic oxidation sites excluding steroid dienone is 1. The number of carbonyl (C=O) groups is 1. The molecule has 1 amide bonds. The molecule has 1 rings (SSSR count). The molecule has 0 saturated carbocycles. The van der Waals surface area contributed by atoms with E-state index in [4.69, 9.17) is 4.74 Å². The van der Waals surface area contributed by atoms with Crippen molar-refractivity contribution < 1.29 is 14.6 Å². The van der Waals surface area contributed by atoms with Crippen molar-refractivity contribution in [2.24, 2.45) is 0 Å². The van der Waals surface area contributed by atoms with Gasteiger partial charge in [0.2, 0.25) is 5.91 Å². The summed E-state index contributed by atoms with van der Waals surface area (Å²) in [6.45, 7) is 4.78. The summed E-state index contributed by atoms with van der Waals surface area (Å²) >= 11 is 2.13. The maximum Gasteiger partial charge on any atom is 0.224 e. The number of anilines is 1. The van der Waals surface area contributed by atoms with Crippen LogP contribution >= 0.6 is 22.6 Å². The second kappa shape index (κ2) is 11.4. The van der Waals surface area contributed by atoms with Gasteiger partial charge in [0, 0.05) is 24.7 Å². The molecule has 128 valence electrons. The molecule has 1 aromatic rings. The molecular formula is C17H25IN2O3. The molecule has 3 N–H and O–H groups in total. The number of benzene rings is 1. The number of carbonyl (C=O) groups excluding carboxylic acids is 1. The van der Waals surface area contributed by atoms with Crippen molar-refractivity contribution in [2.75, 3.05) is 18.5 Å². The quantitative estimate of drug-likeness (QED) is 0.499. The van der Waals surface area contributed by atoms with Crippen LogP contribution in [0.4, 0.5) is 5.69 Å². The van der Waals surface area contributed by atoms with Crippen molar-refractivity contribution in [3.63, 3.8) is 0 Å². The molecule has 0 heterocycles. The van der Waals surface area contributed by atoms with E-state index in [1.807, 2.05) is 24.0 Å². The first kappa shape index (κ1) is 19.9. The number of aliphatic hydroxyl groups excluding tert-OH is 1. The number of hydrogen-bond donors (Lipinski definition) is 3. The van der Waals surface area contributed by atoms with E-state index in [9.17, 15) is 9.90 Å². The zero-order valence-corrected chi connectivity index (χ0v) is 15.7. The largest absolute Gasteiger partial charge is 0.491 e. The molecule has 0 fully saturated rings. The standard InChI is InChI=1S/C17H25IN2O3/c1-13(2)19-11-15(21)12-23-16-8-6-14(7-9-16)20-17(22)5-3-4-10-18/h4,6-10,13,15,19,21H,3,5,11-12H2,1-2H3,(H,20,22)/b10-4+/t15-/m0/s1/i18-2. The van der Waals surface area contributed by atoms with Crippen LogP contribution in [0.25, 0.3) is 0 Å². The molecule has 0 unspecified atom stereocenters. The molecule has 23 heavy (non-hydrogen) atoms. The average Bonchev–Trinajstić information content (AvgIpc) is 2.52. The molecule has 1 aromatic carbocycles. The molecule has 0 aliphatic heterocycles. The second-order valence-corrected chi connectivity index (χ2v) is 6.22. The summed E-state index contributed by atoms with van der Waals surface area (Å²) in [5.41, 5.74) is 0.739. The molecule has 6 heteroatoms. The molecule has 5 nitrogen and oxygen atoms in total. The molecule has 0 bridgehead atoms. The number of nitrogens with one attached hydrogen (secondary N) is 2. The van der Waals surface area contributed by atoms with Gasteiger partial charge in [-0.3, -0.25) is 4.79 Å². The molecule has 0 spiro atoms. The highest BCUT2D eigenvalue weighted by Gasteiger charge is 2.06. The van der Waals surface area contributed by atoms with Gasteiger partial charge in [0.25, 0.3) is 0 Å². The lowest BCUT2D eigenvalue weighted by Crippen LogP contribution is -2.35. The van der Waals surface area contributed by atoms with E-state index in [2.05, 4.69) is 33.2 Å². The van der Waals surface area contributed by atoms with Crippen LogP contribution in [0.5, 0.6) is 5.75 Å². The highest BCUT2D eigenvalue weighted by atomic mass is 125. The minimum absolute atomic E-state index is 0.0108. The van der Waals surface area contributed by atoms with Gasteiger partial charge in [0.1, 0.15) is 18.5 Å². The summed E-state index contributed by atoms with van der Waals surface area (Å²) < 4.78 is 7.43. The Morgan fingerprint density at radius 3 is 2.65 bits per heavy atom. The van der Waals surface area contributed by atoms with Crippen LogP contribution in [-0.4, -0.2) is 36.3 Å². The summed E-state index contributed by atoms with van der Waals surface area (Å²) in [6.07, 6.45) is 2.60. The van der Waals surface area contributed by atoms with Gasteiger partial charge < -0.3 is 20.5 Å². The minimum Gasteiger partial charge on any atom is -0.491 e. The van der Waals surface area contributed by atoms with Crippen molar-refractivity contribution in [1.82, 2.24) is 5.32 Å². The monoisotopic (exact) mass is 430 g/mol. The van der Waals surface area contributed by atoms with E-state index < -0.39 is 6.10 Å². The Balaban J connectivity index is 2.34. The number of rotatable bonds is 10. The molecular weight excluding hydrogens is 405 g/mol. The van der Waals surface area contributed by atoms with Crippen LogP contribution < -0.4 is 15.4 Å². The number of aliphatic hydroxyl groups is 1. The third-order valence-corrected chi connectivity index (χ3v) is 3.48. The van der Waals surface area contributed by atoms with E-state index in [-0.39, 0.29) is 12.5 Å². The highest BCUT2D eigenvalue weighted by molar-refractivity contribution is 14.1. The van der Waals surface area contributed by atoms with Gasteiger partial charge in [-0.25, -0.2) is 0 Å². The molecule has 0 saturated heterocycles. The summed E-state index contributed by atoms with van der Waals surface area (Å²) in [7, 11) is 0. The SMILES string of the molecule is CC(C)NC[C@H](O)COc1ccc(NC(=O)CC/C=C/[125I])cc1. The van der Waals surface area contributed by atoms with Crippen LogP contribution in [0.3, 0.4) is 0 Å². The van der Waals surface area contributed by atoms with Gasteiger partial charge in [-0.1, -0.05) is 42.5 Å². The summed E-state index contributed by atoms with van der Waals surface area (Å²) in [5, 5.41) is 15.8. The Morgan fingerprint density at radius 2 is 2.04 bits per heavy atom. The van der Waals surface area contributed by atoms with Crippen LogP contribution in [0, 0.1) is 0 Å². The topological polar surface area (TPSA) is 70.6 Å². The zero-order valence-electron chi connectivity index (χ0n) is 13.6. The fourth-order valence-corrected chi connectivity index (χ4v) is 2.12. The molecule has 0 radical (unpaired) electrons. The molecule has 1 atom stereocenters. The normalized spacial score (nSPS) is 12.6. The highest BCUT2D eigenvalue weighted by Crippen LogP contribution is 2.16. The lowest BCUT2D eigenvalue weighted by Gasteiger charge is -2.15. The van der Waals surface area contributed by atoms with Crippen molar-refractivity contribution >= 4 is 34.2 Å². The first-order valence-corrected chi connectivity index (χ1v) is 8.95. The molecule has 0 aromatic heterocycles. The summed E-state index contributed by atoms with van der Waals surface area (Å²) in [4.78, 5) is 11.7. The Labute approximate surface area is 151 Å². The Bertz CT molecular complexity index is 489. The van der Waals surface area contributed by atoms with Gasteiger partial charge in [0.15, 0.2) is 0 Å². The predicted octanol–water partition coefficient (Wildman–Crippen LogP) is 3.09. The Hall–Kier alpha value is -1.12. The minimum atomic E-state index is -0.553. The van der Waals surface area contributed by atoms with Crippen LogP contribution in [0.15, 0.2) is 34.4 Å². The predicted molar refractivity (Wildman–Crippen MR) is 102 cm³/mol. The van der Waals surface area contributed by atoms with Crippen molar-refractivity contribution in [2.45, 2.75) is 38.8 Å². The third-order valence-electron chi connectivity index (χ3n) is 2.97. The lowest BCUT2D eigenvalue weighted by molar-refractivity contribution is -0.116. The van der Waals surface area contributed by atoms with Gasteiger partial charge in [-0.2, -0.15) is 0 Å². The van der Waals surface area contributed by atoms with Gasteiger partial charge >= 0.3 is 0 Å². The summed E-state index contributed by atoms with van der Waals surface area (Å²) in [5.74, 6) is 0.655. The summed E-state index contributed by atoms with van der Waals surface area (Å²) in [6, 6.07) is 7.48. The van der Waals surface area contributed by atoms with Crippen LogP contribution in [0.1, 0.15) is 26.7 Å². The number of hydrogen-bond acceptors (Lipinski definition) is 4. The van der Waals surface area contributed by atoms with Crippen LogP contribution in [0.2, 0.25) is 0 Å². The smallest absolute Gasteiger partial charge is 0.224 e. The van der Waals surface area contributed by atoms with E-state index in [1.165, 1.54) is 0 Å². The number of halogens is 1. The first-order valence-electron chi connectivity index (χ1n) is 7.70. The van der Waals surface area contributed by atoms with Gasteiger partial charge in [-0.05, 0) is 34.8 Å². The van der Waals surface area contributed by atoms with E-state index >= 15 is 0 Å². The van der Waals surface area contributed by atoms with E-state index in [1.54, 1.807) is 24.3 Å². The van der Waals surface area contributed by atoms with Crippen molar-refractivity contribution in [3.05, 3.63) is 34.4 Å². The maximum atomic E-state index is 11.7. The maximum absolute atomic E-state index is 11.7. The van der Waals surface area contributed by atoms with Gasteiger partial charge in [0.05, 0.1) is 0 Å². The van der Waals surface area contributed by atoms with Crippen LogP contribution in [-0.2, 0) is 4.79 Å². The van der Waals surface area contributed by atoms with E-state index in [0.717, 1.165) is 12.1 Å². The Kier molecular flexibility index (Phi) is 9.89. The van der Waals surface area contributed by atoms with Gasteiger partial charge in [-0.15, -0.1) is 0 Å². The lowest BCUT2D eigenvalue weighted by atomic mass is 10.2. The zero-order chi connectivity index (χ0) is 17.1. The van der Waals surface area contributed by atoms with Crippen molar-refractivity contribution in [1.29, 1.82) is 0 Å².